The summed E-state index contributed by atoms with van der Waals surface area (Å²) < 4.78 is 5.30. The number of thiophene rings is 1. The zero-order valence-corrected chi connectivity index (χ0v) is 13.6. The van der Waals surface area contributed by atoms with Crippen molar-refractivity contribution in [3.63, 3.8) is 0 Å². The normalized spacial score (nSPS) is 20.9. The second-order valence-corrected chi connectivity index (χ2v) is 7.13. The van der Waals surface area contributed by atoms with Crippen LogP contribution in [0.3, 0.4) is 0 Å². The molecule has 2 aliphatic rings. The third-order valence-electron chi connectivity index (χ3n) is 4.61. The van der Waals surface area contributed by atoms with Crippen LogP contribution in [0.1, 0.15) is 22.6 Å². The molecule has 1 saturated heterocycles. The highest BCUT2D eigenvalue weighted by atomic mass is 32.1. The van der Waals surface area contributed by atoms with Crippen LogP contribution in [-0.4, -0.2) is 34.7 Å². The van der Waals surface area contributed by atoms with E-state index in [0.29, 0.717) is 26.1 Å². The van der Waals surface area contributed by atoms with E-state index in [4.69, 9.17) is 4.42 Å². The lowest BCUT2D eigenvalue weighted by Gasteiger charge is -2.29. The molecule has 2 aromatic rings. The molecule has 5 nitrogen and oxygen atoms in total. The molecule has 0 saturated carbocycles. The Balaban J connectivity index is 1.41. The van der Waals surface area contributed by atoms with Crippen molar-refractivity contribution in [2.24, 2.45) is 5.92 Å². The van der Waals surface area contributed by atoms with Gasteiger partial charge in [-0.25, -0.2) is 0 Å². The first kappa shape index (κ1) is 14.5. The Morgan fingerprint density at radius 3 is 3.13 bits per heavy atom. The first-order chi connectivity index (χ1) is 11.2. The molecule has 23 heavy (non-hydrogen) atoms. The average molecular weight is 330 g/mol. The van der Waals surface area contributed by atoms with Crippen LogP contribution in [0.25, 0.3) is 0 Å². The Labute approximate surface area is 138 Å². The highest BCUT2D eigenvalue weighted by molar-refractivity contribution is 7.10. The summed E-state index contributed by atoms with van der Waals surface area (Å²) in [5.74, 6) is 0.676. The van der Waals surface area contributed by atoms with Gasteiger partial charge in [-0.05, 0) is 35.6 Å². The van der Waals surface area contributed by atoms with Crippen molar-refractivity contribution in [1.29, 1.82) is 0 Å². The fourth-order valence-electron chi connectivity index (χ4n) is 3.38. The van der Waals surface area contributed by atoms with Crippen molar-refractivity contribution < 1.29 is 14.0 Å². The van der Waals surface area contributed by atoms with Crippen LogP contribution in [0.5, 0.6) is 0 Å². The number of nitrogens with zero attached hydrogens (tertiary/aromatic N) is 2. The quantitative estimate of drug-likeness (QED) is 0.867. The third-order valence-corrected chi connectivity index (χ3v) is 5.63. The van der Waals surface area contributed by atoms with Gasteiger partial charge in [0.1, 0.15) is 5.76 Å². The molecule has 0 spiro atoms. The van der Waals surface area contributed by atoms with Gasteiger partial charge < -0.3 is 14.2 Å². The molecule has 6 heteroatoms. The van der Waals surface area contributed by atoms with Crippen LogP contribution >= 0.6 is 11.3 Å². The average Bonchev–Trinajstić information content (AvgIpc) is 3.28. The first-order valence-corrected chi connectivity index (χ1v) is 8.73. The maximum absolute atomic E-state index is 12.8. The number of likely N-dealkylation sites (tertiary alicyclic amines) is 1. The molecule has 0 unspecified atom stereocenters. The van der Waals surface area contributed by atoms with E-state index >= 15 is 0 Å². The van der Waals surface area contributed by atoms with Gasteiger partial charge in [0, 0.05) is 30.9 Å². The lowest BCUT2D eigenvalue weighted by molar-refractivity contribution is -0.136. The van der Waals surface area contributed by atoms with Crippen molar-refractivity contribution in [3.05, 3.63) is 46.0 Å². The summed E-state index contributed by atoms with van der Waals surface area (Å²) >= 11 is 1.76. The molecule has 1 fully saturated rings. The van der Waals surface area contributed by atoms with Crippen LogP contribution in [0, 0.1) is 5.92 Å². The van der Waals surface area contributed by atoms with E-state index in [1.165, 1.54) is 10.4 Å². The Bertz CT molecular complexity index is 722. The number of hydrogen-bond acceptors (Lipinski definition) is 4. The molecule has 2 amide bonds. The fraction of sp³-hybridized carbons (Fsp3) is 0.412. The predicted octanol–water partition coefficient (Wildman–Crippen LogP) is 2.27. The third kappa shape index (κ3) is 2.79. The fourth-order valence-corrected chi connectivity index (χ4v) is 4.27. The Hall–Kier alpha value is -2.08. The van der Waals surface area contributed by atoms with E-state index in [2.05, 4.69) is 11.4 Å². The molecule has 1 atom stereocenters. The number of carbonyl (C=O) groups is 2. The lowest BCUT2D eigenvalue weighted by atomic mass is 10.0. The Kier molecular flexibility index (Phi) is 3.69. The summed E-state index contributed by atoms with van der Waals surface area (Å²) in [4.78, 5) is 29.9. The van der Waals surface area contributed by atoms with Crippen LogP contribution in [0.4, 0.5) is 0 Å². The van der Waals surface area contributed by atoms with Crippen LogP contribution in [-0.2, 0) is 29.1 Å². The summed E-state index contributed by atoms with van der Waals surface area (Å²) in [6, 6.07) is 5.76. The maximum Gasteiger partial charge on any atom is 0.228 e. The standard InChI is InChI=1S/C17H18N2O3S/c20-16-8-13(10-19(16)11-14-2-1-6-22-14)17(21)18-5-3-15-12(9-18)4-7-23-15/h1-2,4,6-7,13H,3,5,8-11H2/t13-/m0/s1. The van der Waals surface area contributed by atoms with Crippen molar-refractivity contribution in [3.8, 4) is 0 Å². The summed E-state index contributed by atoms with van der Waals surface area (Å²) in [7, 11) is 0. The van der Waals surface area contributed by atoms with Gasteiger partial charge >= 0.3 is 0 Å². The van der Waals surface area contributed by atoms with E-state index in [9.17, 15) is 9.59 Å². The molecule has 4 rings (SSSR count). The monoisotopic (exact) mass is 330 g/mol. The van der Waals surface area contributed by atoms with Crippen molar-refractivity contribution in [2.45, 2.75) is 25.9 Å². The molecular weight excluding hydrogens is 312 g/mol. The number of rotatable bonds is 3. The first-order valence-electron chi connectivity index (χ1n) is 7.85. The van der Waals surface area contributed by atoms with Gasteiger partial charge in [0.2, 0.25) is 11.8 Å². The van der Waals surface area contributed by atoms with E-state index in [1.54, 1.807) is 22.5 Å². The zero-order chi connectivity index (χ0) is 15.8. The van der Waals surface area contributed by atoms with Crippen LogP contribution in [0.2, 0.25) is 0 Å². The molecule has 2 aliphatic heterocycles. The summed E-state index contributed by atoms with van der Waals surface area (Å²) in [5.41, 5.74) is 1.26. The molecule has 0 aromatic carbocycles. The maximum atomic E-state index is 12.8. The van der Waals surface area contributed by atoms with E-state index in [-0.39, 0.29) is 17.7 Å². The van der Waals surface area contributed by atoms with Gasteiger partial charge in [0.05, 0.1) is 18.7 Å². The van der Waals surface area contributed by atoms with Gasteiger partial charge in [0.15, 0.2) is 0 Å². The van der Waals surface area contributed by atoms with Gasteiger partial charge in [-0.15, -0.1) is 11.3 Å². The number of furan rings is 1. The zero-order valence-electron chi connectivity index (χ0n) is 12.7. The summed E-state index contributed by atoms with van der Waals surface area (Å²) in [5, 5.41) is 2.09. The van der Waals surface area contributed by atoms with Gasteiger partial charge in [-0.3, -0.25) is 9.59 Å². The largest absolute Gasteiger partial charge is 0.467 e. The lowest BCUT2D eigenvalue weighted by Crippen LogP contribution is -2.40. The SMILES string of the molecule is O=C1C[C@H](C(=O)N2CCc3sccc3C2)CN1Cc1ccco1. The smallest absolute Gasteiger partial charge is 0.228 e. The van der Waals surface area contributed by atoms with E-state index < -0.39 is 0 Å². The number of amides is 2. The Morgan fingerprint density at radius 1 is 1.39 bits per heavy atom. The Morgan fingerprint density at radius 2 is 2.30 bits per heavy atom. The molecule has 0 aliphatic carbocycles. The van der Waals surface area contributed by atoms with Gasteiger partial charge in [0.25, 0.3) is 0 Å². The molecule has 2 aromatic heterocycles. The molecule has 120 valence electrons. The van der Waals surface area contributed by atoms with E-state index in [0.717, 1.165) is 18.7 Å². The highest BCUT2D eigenvalue weighted by Crippen LogP contribution is 2.28. The number of hydrogen-bond donors (Lipinski definition) is 0. The van der Waals surface area contributed by atoms with Gasteiger partial charge in [-0.2, -0.15) is 0 Å². The molecular formula is C17H18N2O3S. The van der Waals surface area contributed by atoms with Crippen molar-refractivity contribution in [2.75, 3.05) is 13.1 Å². The topological polar surface area (TPSA) is 53.8 Å². The van der Waals surface area contributed by atoms with Crippen LogP contribution in [0.15, 0.2) is 34.3 Å². The minimum Gasteiger partial charge on any atom is -0.467 e. The minimum absolute atomic E-state index is 0.0352. The highest BCUT2D eigenvalue weighted by Gasteiger charge is 2.37. The molecule has 0 radical (unpaired) electrons. The van der Waals surface area contributed by atoms with Crippen LogP contribution < -0.4 is 0 Å². The second-order valence-electron chi connectivity index (χ2n) is 6.13. The predicted molar refractivity (Wildman–Crippen MR) is 85.7 cm³/mol. The molecule has 0 bridgehead atoms. The number of fused-ring (bicyclic) bond motifs is 1. The second kappa shape index (κ2) is 5.85. The summed E-state index contributed by atoms with van der Waals surface area (Å²) in [6.45, 7) is 2.38. The molecule has 4 heterocycles. The van der Waals surface area contributed by atoms with E-state index in [1.807, 2.05) is 17.0 Å². The van der Waals surface area contributed by atoms with Gasteiger partial charge in [-0.1, -0.05) is 0 Å². The van der Waals surface area contributed by atoms with Crippen molar-refractivity contribution in [1.82, 2.24) is 9.80 Å². The molecule has 0 N–H and O–H groups in total. The summed E-state index contributed by atoms with van der Waals surface area (Å²) in [6.07, 6.45) is 2.84. The van der Waals surface area contributed by atoms with Crippen molar-refractivity contribution >= 4 is 23.2 Å². The minimum atomic E-state index is -0.224. The number of carbonyl (C=O) groups excluding carboxylic acids is 2.